The molecular formula is C22H35N3O3S. The van der Waals surface area contributed by atoms with Gasteiger partial charge in [-0.25, -0.2) is 0 Å². The monoisotopic (exact) mass is 421 g/mol. The third kappa shape index (κ3) is 7.72. The summed E-state index contributed by atoms with van der Waals surface area (Å²) >= 11 is 0. The van der Waals surface area contributed by atoms with Crippen LogP contribution in [-0.2, 0) is 26.0 Å². The molecule has 0 amide bonds. The van der Waals surface area contributed by atoms with Crippen LogP contribution in [0, 0.1) is 0 Å². The average Bonchev–Trinajstić information content (AvgIpc) is 2.77. The van der Waals surface area contributed by atoms with Crippen LogP contribution in [0.1, 0.15) is 37.7 Å². The smallest absolute Gasteiger partial charge is 0.193 e. The van der Waals surface area contributed by atoms with Crippen LogP contribution >= 0.6 is 0 Å². The first-order chi connectivity index (χ1) is 14.2. The molecule has 2 heterocycles. The second kappa shape index (κ2) is 12.3. The van der Waals surface area contributed by atoms with Crippen molar-refractivity contribution in [3.05, 3.63) is 35.9 Å². The third-order valence-electron chi connectivity index (χ3n) is 5.53. The Labute approximate surface area is 177 Å². The van der Waals surface area contributed by atoms with Gasteiger partial charge in [0.15, 0.2) is 5.96 Å². The van der Waals surface area contributed by atoms with E-state index in [4.69, 9.17) is 9.47 Å². The quantitative estimate of drug-likeness (QED) is 0.516. The minimum Gasteiger partial charge on any atom is -0.376 e. The van der Waals surface area contributed by atoms with E-state index in [1.54, 1.807) is 0 Å². The highest BCUT2D eigenvalue weighted by Gasteiger charge is 2.23. The standard InChI is InChI=1S/C22H35N3O3S/c1-23-22(24-12-16-29(26)18-19-7-3-2-4-8-19)25-13-10-20(11-14-25)28-17-21-9-5-6-15-27-21/h2-4,7-8,20-21H,5-6,9-18H2,1H3,(H,23,24). The summed E-state index contributed by atoms with van der Waals surface area (Å²) < 4.78 is 24.2. The number of likely N-dealkylation sites (tertiary alicyclic amines) is 1. The summed E-state index contributed by atoms with van der Waals surface area (Å²) in [5.74, 6) is 2.12. The van der Waals surface area contributed by atoms with E-state index in [1.807, 2.05) is 37.4 Å². The number of benzene rings is 1. The van der Waals surface area contributed by atoms with Gasteiger partial charge in [-0.05, 0) is 37.7 Å². The van der Waals surface area contributed by atoms with E-state index in [0.29, 0.717) is 24.2 Å². The van der Waals surface area contributed by atoms with Gasteiger partial charge in [-0.1, -0.05) is 30.3 Å². The fourth-order valence-electron chi connectivity index (χ4n) is 3.86. The van der Waals surface area contributed by atoms with Crippen LogP contribution in [-0.4, -0.2) is 72.9 Å². The lowest BCUT2D eigenvalue weighted by Crippen LogP contribution is -2.48. The lowest BCUT2D eigenvalue weighted by Gasteiger charge is -2.35. The lowest BCUT2D eigenvalue weighted by molar-refractivity contribution is -0.0721. The molecule has 0 saturated carbocycles. The molecule has 1 N–H and O–H groups in total. The van der Waals surface area contributed by atoms with Crippen molar-refractivity contribution in [3.63, 3.8) is 0 Å². The maximum atomic E-state index is 12.3. The molecule has 6 nitrogen and oxygen atoms in total. The summed E-state index contributed by atoms with van der Waals surface area (Å²) in [7, 11) is 0.938. The molecule has 29 heavy (non-hydrogen) atoms. The number of nitrogens with one attached hydrogen (secondary N) is 1. The molecule has 162 valence electrons. The number of piperidine rings is 1. The Morgan fingerprint density at radius 1 is 1.24 bits per heavy atom. The molecule has 0 bridgehead atoms. The van der Waals surface area contributed by atoms with Gasteiger partial charge in [-0.15, -0.1) is 0 Å². The number of ether oxygens (including phenoxy) is 2. The Morgan fingerprint density at radius 2 is 2.03 bits per heavy atom. The van der Waals surface area contributed by atoms with Crippen molar-refractivity contribution >= 4 is 16.8 Å². The molecular weight excluding hydrogens is 386 g/mol. The summed E-state index contributed by atoms with van der Waals surface area (Å²) in [5.41, 5.74) is 1.12. The van der Waals surface area contributed by atoms with Crippen LogP contribution < -0.4 is 5.32 Å². The molecule has 7 heteroatoms. The first-order valence-corrected chi connectivity index (χ1v) is 12.3. The van der Waals surface area contributed by atoms with Gasteiger partial charge in [0.1, 0.15) is 0 Å². The van der Waals surface area contributed by atoms with Gasteiger partial charge in [0.05, 0.1) is 18.8 Å². The zero-order chi connectivity index (χ0) is 20.3. The minimum atomic E-state index is -0.873. The van der Waals surface area contributed by atoms with Crippen molar-refractivity contribution in [1.29, 1.82) is 0 Å². The van der Waals surface area contributed by atoms with Crippen LogP contribution in [0.5, 0.6) is 0 Å². The molecule has 2 saturated heterocycles. The number of guanidine groups is 1. The SMILES string of the molecule is CN=C(NCCS(=O)Cc1ccccc1)N1CCC(OCC2CCCCO2)CC1. The predicted octanol–water partition coefficient (Wildman–Crippen LogP) is 2.56. The molecule has 2 aliphatic heterocycles. The zero-order valence-corrected chi connectivity index (χ0v) is 18.4. The third-order valence-corrected chi connectivity index (χ3v) is 6.84. The van der Waals surface area contributed by atoms with Crippen LogP contribution in [0.4, 0.5) is 0 Å². The molecule has 3 rings (SSSR count). The van der Waals surface area contributed by atoms with Crippen LogP contribution in [0.25, 0.3) is 0 Å². The molecule has 2 fully saturated rings. The molecule has 2 unspecified atom stereocenters. The number of hydrogen-bond donors (Lipinski definition) is 1. The largest absolute Gasteiger partial charge is 0.376 e. The van der Waals surface area contributed by atoms with Crippen LogP contribution in [0.15, 0.2) is 35.3 Å². The lowest BCUT2D eigenvalue weighted by atomic mass is 10.1. The molecule has 0 aliphatic carbocycles. The highest BCUT2D eigenvalue weighted by molar-refractivity contribution is 7.84. The summed E-state index contributed by atoms with van der Waals surface area (Å²) in [6.07, 6.45) is 6.17. The molecule has 0 radical (unpaired) electrons. The van der Waals surface area contributed by atoms with Gasteiger partial charge in [-0.3, -0.25) is 9.20 Å². The maximum Gasteiger partial charge on any atom is 0.193 e. The van der Waals surface area contributed by atoms with Gasteiger partial charge in [0, 0.05) is 55.6 Å². The van der Waals surface area contributed by atoms with Crippen molar-refractivity contribution in [2.24, 2.45) is 4.99 Å². The van der Waals surface area contributed by atoms with E-state index in [9.17, 15) is 4.21 Å². The first kappa shape index (κ1) is 22.2. The zero-order valence-electron chi connectivity index (χ0n) is 17.6. The predicted molar refractivity (Wildman–Crippen MR) is 119 cm³/mol. The van der Waals surface area contributed by atoms with E-state index >= 15 is 0 Å². The Hall–Kier alpha value is -1.44. The Morgan fingerprint density at radius 3 is 2.72 bits per heavy atom. The fourth-order valence-corrected chi connectivity index (χ4v) is 4.90. The van der Waals surface area contributed by atoms with Crippen molar-refractivity contribution < 1.29 is 13.7 Å². The van der Waals surface area contributed by atoms with Gasteiger partial charge in [0.25, 0.3) is 0 Å². The van der Waals surface area contributed by atoms with Gasteiger partial charge in [-0.2, -0.15) is 0 Å². The van der Waals surface area contributed by atoms with Crippen LogP contribution in [0.2, 0.25) is 0 Å². The van der Waals surface area contributed by atoms with Crippen molar-refractivity contribution in [2.45, 2.75) is 50.1 Å². The minimum absolute atomic E-state index is 0.285. The normalized spacial score (nSPS) is 22.4. The summed E-state index contributed by atoms with van der Waals surface area (Å²) in [5, 5.41) is 3.38. The van der Waals surface area contributed by atoms with E-state index in [-0.39, 0.29) is 6.10 Å². The van der Waals surface area contributed by atoms with Gasteiger partial charge < -0.3 is 19.7 Å². The highest BCUT2D eigenvalue weighted by atomic mass is 32.2. The van der Waals surface area contributed by atoms with E-state index < -0.39 is 10.8 Å². The van der Waals surface area contributed by atoms with Crippen LogP contribution in [0.3, 0.4) is 0 Å². The average molecular weight is 422 g/mol. The first-order valence-electron chi connectivity index (χ1n) is 10.8. The molecule has 2 aliphatic rings. The summed E-state index contributed by atoms with van der Waals surface area (Å²) in [6, 6.07) is 10.0. The summed E-state index contributed by atoms with van der Waals surface area (Å²) in [6.45, 7) is 4.14. The van der Waals surface area contributed by atoms with Crippen molar-refractivity contribution in [3.8, 4) is 0 Å². The number of nitrogens with zero attached hydrogens (tertiary/aromatic N) is 2. The van der Waals surface area contributed by atoms with Gasteiger partial charge >= 0.3 is 0 Å². The summed E-state index contributed by atoms with van der Waals surface area (Å²) in [4.78, 5) is 6.68. The van der Waals surface area contributed by atoms with Gasteiger partial charge in [0.2, 0.25) is 0 Å². The number of rotatable bonds is 8. The van der Waals surface area contributed by atoms with E-state index in [1.165, 1.54) is 12.8 Å². The Bertz CT molecular complexity index is 642. The van der Waals surface area contributed by atoms with E-state index in [2.05, 4.69) is 15.2 Å². The Balaban J connectivity index is 1.31. The second-order valence-electron chi connectivity index (χ2n) is 7.76. The second-order valence-corrected chi connectivity index (χ2v) is 9.33. The molecule has 0 spiro atoms. The maximum absolute atomic E-state index is 12.3. The molecule has 1 aromatic rings. The highest BCUT2D eigenvalue weighted by Crippen LogP contribution is 2.18. The van der Waals surface area contributed by atoms with E-state index in [0.717, 1.165) is 57.1 Å². The number of hydrogen-bond acceptors (Lipinski definition) is 4. The fraction of sp³-hybridized carbons (Fsp3) is 0.682. The van der Waals surface area contributed by atoms with Crippen molar-refractivity contribution in [1.82, 2.24) is 10.2 Å². The van der Waals surface area contributed by atoms with Crippen molar-refractivity contribution in [2.75, 3.05) is 45.6 Å². The molecule has 2 atom stereocenters. The Kier molecular flexibility index (Phi) is 9.44. The molecule has 1 aromatic carbocycles. The molecule has 0 aromatic heterocycles. The number of aliphatic imine (C=N–C) groups is 1. The topological polar surface area (TPSA) is 63.2 Å².